The van der Waals surface area contributed by atoms with Crippen LogP contribution in [0.5, 0.6) is 5.75 Å². The third-order valence-electron chi connectivity index (χ3n) is 7.67. The smallest absolute Gasteiger partial charge is 0.264 e. The van der Waals surface area contributed by atoms with Crippen LogP contribution in [0, 0.1) is 6.92 Å². The fourth-order valence-corrected chi connectivity index (χ4v) is 6.94. The van der Waals surface area contributed by atoms with Gasteiger partial charge < -0.3 is 15.0 Å². The summed E-state index contributed by atoms with van der Waals surface area (Å²) in [7, 11) is -2.57. The molecule has 8 nitrogen and oxygen atoms in total. The summed E-state index contributed by atoms with van der Waals surface area (Å²) in [5, 5.41) is 3.57. The molecule has 0 aliphatic heterocycles. The summed E-state index contributed by atoms with van der Waals surface area (Å²) in [5.41, 5.74) is 1.71. The van der Waals surface area contributed by atoms with Crippen molar-refractivity contribution in [2.45, 2.75) is 69.5 Å². The van der Waals surface area contributed by atoms with Gasteiger partial charge in [0.15, 0.2) is 0 Å². The first-order valence-electron chi connectivity index (χ1n) is 14.2. The van der Waals surface area contributed by atoms with Gasteiger partial charge in [-0.15, -0.1) is 0 Å². The van der Waals surface area contributed by atoms with Crippen LogP contribution in [0.4, 0.5) is 5.69 Å². The lowest BCUT2D eigenvalue weighted by Gasteiger charge is -2.33. The van der Waals surface area contributed by atoms with E-state index in [-0.39, 0.29) is 23.4 Å². The van der Waals surface area contributed by atoms with Gasteiger partial charge in [0, 0.05) is 17.6 Å². The quantitative estimate of drug-likeness (QED) is 0.299. The molecule has 1 N–H and O–H groups in total. The fourth-order valence-electron chi connectivity index (χ4n) is 5.21. The van der Waals surface area contributed by atoms with Gasteiger partial charge in [-0.05, 0) is 80.3 Å². The lowest BCUT2D eigenvalue weighted by molar-refractivity contribution is -0.139. The van der Waals surface area contributed by atoms with Crippen molar-refractivity contribution in [3.05, 3.63) is 88.9 Å². The molecule has 2 amide bonds. The topological polar surface area (TPSA) is 96.0 Å². The number of nitrogens with one attached hydrogen (secondary N) is 1. The maximum atomic E-state index is 14.1. The number of rotatable bonds is 11. The molecule has 1 aliphatic carbocycles. The third kappa shape index (κ3) is 7.63. The number of hydrogen-bond donors (Lipinski definition) is 1. The molecular formula is C32H38ClN3O5S. The molecule has 1 fully saturated rings. The van der Waals surface area contributed by atoms with E-state index in [2.05, 4.69) is 5.32 Å². The average molecular weight is 612 g/mol. The van der Waals surface area contributed by atoms with Gasteiger partial charge in [0.05, 0.1) is 17.7 Å². The van der Waals surface area contributed by atoms with Crippen molar-refractivity contribution in [2.24, 2.45) is 0 Å². The van der Waals surface area contributed by atoms with E-state index in [0.29, 0.717) is 22.0 Å². The first-order valence-corrected chi connectivity index (χ1v) is 16.0. The summed E-state index contributed by atoms with van der Waals surface area (Å²) < 4.78 is 34.3. The van der Waals surface area contributed by atoms with Crippen LogP contribution < -0.4 is 14.4 Å². The zero-order valence-electron chi connectivity index (χ0n) is 24.3. The maximum Gasteiger partial charge on any atom is 0.264 e. The standard InChI is InChI=1S/C32H38ClN3O5S/c1-23-20-26(33)16-19-30(23)36(42(39,40)29-12-8-5-9-13-29)22-31(37)35(21-25-14-17-28(41-3)18-15-25)24(2)32(38)34-27-10-6-4-7-11-27/h5,8-9,12-20,24,27H,4,6-7,10-11,21-22H2,1-3H3,(H,34,38)/t24-/m0/s1. The molecule has 1 atom stereocenters. The molecule has 3 aromatic rings. The number of hydrogen-bond acceptors (Lipinski definition) is 5. The molecule has 0 bridgehead atoms. The lowest BCUT2D eigenvalue weighted by Crippen LogP contribution is -2.53. The van der Waals surface area contributed by atoms with Crippen LogP contribution in [-0.4, -0.2) is 50.9 Å². The number of sulfonamides is 1. The summed E-state index contributed by atoms with van der Waals surface area (Å²) >= 11 is 6.18. The minimum Gasteiger partial charge on any atom is -0.497 e. The van der Waals surface area contributed by atoms with Gasteiger partial charge in [0.25, 0.3) is 10.0 Å². The van der Waals surface area contributed by atoms with Gasteiger partial charge in [-0.25, -0.2) is 8.42 Å². The molecule has 10 heteroatoms. The SMILES string of the molecule is COc1ccc(CN(C(=O)CN(c2ccc(Cl)cc2C)S(=O)(=O)c2ccccc2)[C@@H](C)C(=O)NC2CCCCC2)cc1. The van der Waals surface area contributed by atoms with Crippen molar-refractivity contribution < 1.29 is 22.7 Å². The van der Waals surface area contributed by atoms with Crippen molar-refractivity contribution >= 4 is 39.1 Å². The van der Waals surface area contributed by atoms with Gasteiger partial charge in [0.2, 0.25) is 11.8 Å². The monoisotopic (exact) mass is 611 g/mol. The van der Waals surface area contributed by atoms with Gasteiger partial charge >= 0.3 is 0 Å². The third-order valence-corrected chi connectivity index (χ3v) is 9.68. The van der Waals surface area contributed by atoms with Crippen LogP contribution >= 0.6 is 11.6 Å². The number of aryl methyl sites for hydroxylation is 1. The van der Waals surface area contributed by atoms with Gasteiger partial charge in [-0.2, -0.15) is 0 Å². The Hall–Kier alpha value is -3.56. The number of anilines is 1. The van der Waals surface area contributed by atoms with Crippen molar-refractivity contribution in [3.8, 4) is 5.75 Å². The number of ether oxygens (including phenoxy) is 1. The van der Waals surface area contributed by atoms with Gasteiger partial charge in [-0.1, -0.05) is 61.2 Å². The molecule has 3 aromatic carbocycles. The fraction of sp³-hybridized carbons (Fsp3) is 0.375. The first kappa shape index (κ1) is 31.4. The maximum absolute atomic E-state index is 14.1. The molecule has 4 rings (SSSR count). The van der Waals surface area contributed by atoms with Crippen molar-refractivity contribution in [2.75, 3.05) is 18.0 Å². The Kier molecular flexibility index (Phi) is 10.5. The van der Waals surface area contributed by atoms with Crippen LogP contribution in [0.1, 0.15) is 50.2 Å². The highest BCUT2D eigenvalue weighted by Gasteiger charge is 2.33. The molecule has 0 unspecified atom stereocenters. The number of carbonyl (C=O) groups is 2. The van der Waals surface area contributed by atoms with Crippen molar-refractivity contribution in [1.82, 2.24) is 10.2 Å². The van der Waals surface area contributed by atoms with Crippen molar-refractivity contribution in [1.29, 1.82) is 0 Å². The van der Waals surface area contributed by atoms with E-state index in [1.54, 1.807) is 69.5 Å². The summed E-state index contributed by atoms with van der Waals surface area (Å²) in [6.45, 7) is 3.04. The molecule has 0 aromatic heterocycles. The van der Waals surface area contributed by atoms with E-state index in [0.717, 1.165) is 42.0 Å². The highest BCUT2D eigenvalue weighted by Crippen LogP contribution is 2.29. The molecular weight excluding hydrogens is 574 g/mol. The number of amides is 2. The highest BCUT2D eigenvalue weighted by atomic mass is 35.5. The Balaban J connectivity index is 1.69. The Labute approximate surface area is 253 Å². The van der Waals surface area contributed by atoms with E-state index in [9.17, 15) is 18.0 Å². The van der Waals surface area contributed by atoms with Crippen LogP contribution in [-0.2, 0) is 26.2 Å². The lowest BCUT2D eigenvalue weighted by atomic mass is 9.95. The van der Waals surface area contributed by atoms with E-state index < -0.39 is 28.5 Å². The molecule has 0 heterocycles. The number of halogens is 1. The highest BCUT2D eigenvalue weighted by molar-refractivity contribution is 7.92. The Morgan fingerprint density at radius 1 is 1.00 bits per heavy atom. The zero-order valence-corrected chi connectivity index (χ0v) is 25.8. The molecule has 0 radical (unpaired) electrons. The summed E-state index contributed by atoms with van der Waals surface area (Å²) in [6, 6.07) is 19.3. The molecule has 42 heavy (non-hydrogen) atoms. The minimum atomic E-state index is -4.14. The predicted octanol–water partition coefficient (Wildman–Crippen LogP) is 5.72. The summed E-state index contributed by atoms with van der Waals surface area (Å²) in [4.78, 5) is 29.1. The first-order chi connectivity index (χ1) is 20.1. The van der Waals surface area contributed by atoms with Crippen LogP contribution in [0.15, 0.2) is 77.7 Å². The second kappa shape index (κ2) is 14.1. The Bertz CT molecular complexity index is 1480. The number of benzene rings is 3. The minimum absolute atomic E-state index is 0.0527. The predicted molar refractivity (Wildman–Crippen MR) is 165 cm³/mol. The van der Waals surface area contributed by atoms with E-state index in [4.69, 9.17) is 16.3 Å². The zero-order chi connectivity index (χ0) is 30.3. The van der Waals surface area contributed by atoms with Crippen LogP contribution in [0.2, 0.25) is 5.02 Å². The molecule has 0 spiro atoms. The van der Waals surface area contributed by atoms with E-state index in [1.165, 1.54) is 17.0 Å². The molecule has 0 saturated heterocycles. The number of nitrogens with zero attached hydrogens (tertiary/aromatic N) is 2. The van der Waals surface area contributed by atoms with E-state index in [1.807, 2.05) is 12.1 Å². The van der Waals surface area contributed by atoms with Crippen LogP contribution in [0.25, 0.3) is 0 Å². The molecule has 1 aliphatic rings. The van der Waals surface area contributed by atoms with Gasteiger partial charge in [-0.3, -0.25) is 13.9 Å². The van der Waals surface area contributed by atoms with Gasteiger partial charge in [0.1, 0.15) is 18.3 Å². The number of carbonyl (C=O) groups excluding carboxylic acids is 2. The number of methoxy groups -OCH3 is 1. The van der Waals surface area contributed by atoms with Crippen molar-refractivity contribution in [3.63, 3.8) is 0 Å². The van der Waals surface area contributed by atoms with Crippen LogP contribution in [0.3, 0.4) is 0 Å². The summed E-state index contributed by atoms with van der Waals surface area (Å²) in [6.07, 6.45) is 5.08. The second-order valence-electron chi connectivity index (χ2n) is 10.6. The second-order valence-corrected chi connectivity index (χ2v) is 12.9. The average Bonchev–Trinajstić information content (AvgIpc) is 2.99. The van der Waals surface area contributed by atoms with E-state index >= 15 is 0 Å². The largest absolute Gasteiger partial charge is 0.497 e. The Morgan fingerprint density at radius 2 is 1.67 bits per heavy atom. The summed E-state index contributed by atoms with van der Waals surface area (Å²) in [5.74, 6) is -0.104. The Morgan fingerprint density at radius 3 is 2.29 bits per heavy atom. The molecule has 224 valence electrons. The normalized spacial score (nSPS) is 14.6. The molecule has 1 saturated carbocycles.